The molecular formula is C18H23FN2O5S. The minimum atomic E-state index is -3.97. The maximum Gasteiger partial charge on any atom is 0.354 e. The van der Waals surface area contributed by atoms with Gasteiger partial charge in [0.1, 0.15) is 16.4 Å². The number of benzene rings is 1. The molecule has 0 aliphatic heterocycles. The topological polar surface area (TPSA) is 99.7 Å². The molecule has 1 heterocycles. The van der Waals surface area contributed by atoms with Crippen molar-refractivity contribution in [3.05, 3.63) is 53.6 Å². The van der Waals surface area contributed by atoms with Crippen molar-refractivity contribution in [3.8, 4) is 0 Å². The summed E-state index contributed by atoms with van der Waals surface area (Å²) in [7, 11) is -2.77. The van der Waals surface area contributed by atoms with Crippen LogP contribution < -0.4 is 0 Å². The fourth-order valence-electron chi connectivity index (χ4n) is 2.56. The number of ether oxygens (including phenoxy) is 1. The molecule has 7 nitrogen and oxygen atoms in total. The highest BCUT2D eigenvalue weighted by Crippen LogP contribution is 2.23. The molecular weight excluding hydrogens is 375 g/mol. The van der Waals surface area contributed by atoms with Gasteiger partial charge in [0.2, 0.25) is 10.0 Å². The lowest BCUT2D eigenvalue weighted by Gasteiger charge is -2.26. The first kappa shape index (κ1) is 21.1. The summed E-state index contributed by atoms with van der Waals surface area (Å²) in [6.45, 7) is 3.66. The summed E-state index contributed by atoms with van der Waals surface area (Å²) >= 11 is 0. The molecule has 0 saturated heterocycles. The standard InChI is InChI=1S/C18H23FN2O5S/c1-12(2)10-21(11-17(22)13-4-6-14(19)7-5-13)27(24,25)15-8-16(20-9-15)18(23)26-3/h4-9,12,17,20,22H,10-11H2,1-3H3/t17-/m0/s1. The monoisotopic (exact) mass is 398 g/mol. The minimum Gasteiger partial charge on any atom is -0.464 e. The van der Waals surface area contributed by atoms with Gasteiger partial charge in [0.05, 0.1) is 13.2 Å². The van der Waals surface area contributed by atoms with Crippen molar-refractivity contribution in [3.63, 3.8) is 0 Å². The Morgan fingerprint density at radius 3 is 2.44 bits per heavy atom. The number of nitrogens with zero attached hydrogens (tertiary/aromatic N) is 1. The van der Waals surface area contributed by atoms with E-state index in [1.165, 1.54) is 43.6 Å². The van der Waals surface area contributed by atoms with E-state index < -0.39 is 27.9 Å². The molecule has 148 valence electrons. The number of aliphatic hydroxyl groups excluding tert-OH is 1. The van der Waals surface area contributed by atoms with Gasteiger partial charge in [0.25, 0.3) is 0 Å². The van der Waals surface area contributed by atoms with Crippen molar-refractivity contribution in [2.75, 3.05) is 20.2 Å². The highest BCUT2D eigenvalue weighted by molar-refractivity contribution is 7.89. The van der Waals surface area contributed by atoms with Gasteiger partial charge in [-0.25, -0.2) is 17.6 Å². The van der Waals surface area contributed by atoms with Gasteiger partial charge >= 0.3 is 5.97 Å². The first-order valence-corrected chi connectivity index (χ1v) is 9.79. The van der Waals surface area contributed by atoms with E-state index in [0.717, 1.165) is 4.31 Å². The van der Waals surface area contributed by atoms with Crippen LogP contribution in [-0.2, 0) is 14.8 Å². The van der Waals surface area contributed by atoms with Crippen LogP contribution in [0.2, 0.25) is 0 Å². The minimum absolute atomic E-state index is 0.000730. The molecule has 0 spiro atoms. The van der Waals surface area contributed by atoms with Crippen LogP contribution in [0.3, 0.4) is 0 Å². The number of aromatic amines is 1. The molecule has 9 heteroatoms. The van der Waals surface area contributed by atoms with Crippen molar-refractivity contribution >= 4 is 16.0 Å². The SMILES string of the molecule is COC(=O)c1cc(S(=O)(=O)N(CC(C)C)C[C@H](O)c2ccc(F)cc2)c[nH]1. The van der Waals surface area contributed by atoms with Crippen LogP contribution in [0.25, 0.3) is 0 Å². The maximum atomic E-state index is 13.1. The van der Waals surface area contributed by atoms with E-state index >= 15 is 0 Å². The van der Waals surface area contributed by atoms with E-state index in [2.05, 4.69) is 9.72 Å². The number of methoxy groups -OCH3 is 1. The number of carbonyl (C=O) groups is 1. The Labute approximate surface area is 157 Å². The molecule has 27 heavy (non-hydrogen) atoms. The van der Waals surface area contributed by atoms with E-state index in [-0.39, 0.29) is 29.6 Å². The number of esters is 1. The largest absolute Gasteiger partial charge is 0.464 e. The molecule has 0 amide bonds. The molecule has 2 N–H and O–H groups in total. The Morgan fingerprint density at radius 2 is 1.89 bits per heavy atom. The molecule has 0 aliphatic rings. The molecule has 0 bridgehead atoms. The Bertz CT molecular complexity index is 877. The quantitative estimate of drug-likeness (QED) is 0.665. The van der Waals surface area contributed by atoms with Crippen LogP contribution >= 0.6 is 0 Å². The van der Waals surface area contributed by atoms with Gasteiger partial charge < -0.3 is 14.8 Å². The van der Waals surface area contributed by atoms with E-state index in [1.807, 2.05) is 13.8 Å². The number of sulfonamides is 1. The number of nitrogens with one attached hydrogen (secondary N) is 1. The molecule has 1 atom stereocenters. The number of aliphatic hydroxyl groups is 1. The highest BCUT2D eigenvalue weighted by Gasteiger charge is 2.29. The first-order valence-electron chi connectivity index (χ1n) is 8.35. The third-order valence-electron chi connectivity index (χ3n) is 3.90. The average Bonchev–Trinajstić information content (AvgIpc) is 3.11. The van der Waals surface area contributed by atoms with E-state index in [9.17, 15) is 22.7 Å². The van der Waals surface area contributed by atoms with Crippen LogP contribution in [0.4, 0.5) is 4.39 Å². The molecule has 1 aromatic carbocycles. The zero-order valence-corrected chi connectivity index (χ0v) is 16.2. The number of aromatic nitrogens is 1. The van der Waals surface area contributed by atoms with Gasteiger partial charge in [0, 0.05) is 19.3 Å². The van der Waals surface area contributed by atoms with E-state index in [0.29, 0.717) is 5.56 Å². The number of halogens is 1. The summed E-state index contributed by atoms with van der Waals surface area (Å²) in [5.74, 6) is -1.13. The Hall–Kier alpha value is -2.23. The van der Waals surface area contributed by atoms with Gasteiger partial charge in [-0.05, 0) is 29.7 Å². The molecule has 2 rings (SSSR count). The summed E-state index contributed by atoms with van der Waals surface area (Å²) in [5.41, 5.74) is 0.421. The summed E-state index contributed by atoms with van der Waals surface area (Å²) < 4.78 is 44.8. The second-order valence-corrected chi connectivity index (χ2v) is 8.46. The number of carbonyl (C=O) groups excluding carboxylic acids is 1. The van der Waals surface area contributed by atoms with E-state index in [4.69, 9.17) is 0 Å². The van der Waals surface area contributed by atoms with Gasteiger partial charge in [0.15, 0.2) is 0 Å². The van der Waals surface area contributed by atoms with Crippen LogP contribution in [-0.4, -0.2) is 49.0 Å². The summed E-state index contributed by atoms with van der Waals surface area (Å²) in [5, 5.41) is 10.4. The molecule has 0 radical (unpaired) electrons. The van der Waals surface area contributed by atoms with Gasteiger partial charge in [-0.3, -0.25) is 0 Å². The van der Waals surface area contributed by atoms with Crippen LogP contribution in [0.5, 0.6) is 0 Å². The lowest BCUT2D eigenvalue weighted by molar-refractivity contribution is 0.0594. The number of rotatable bonds is 8. The number of H-pyrrole nitrogens is 1. The van der Waals surface area contributed by atoms with Gasteiger partial charge in [-0.1, -0.05) is 26.0 Å². The van der Waals surface area contributed by atoms with Gasteiger partial charge in [-0.2, -0.15) is 4.31 Å². The Kier molecular flexibility index (Phi) is 6.74. The van der Waals surface area contributed by atoms with Crippen molar-refractivity contribution in [1.82, 2.24) is 9.29 Å². The lowest BCUT2D eigenvalue weighted by Crippen LogP contribution is -2.37. The molecule has 0 unspecified atom stereocenters. The second-order valence-electron chi connectivity index (χ2n) is 6.52. The average molecular weight is 398 g/mol. The molecule has 0 aliphatic carbocycles. The van der Waals surface area contributed by atoms with Crippen molar-refractivity contribution < 1.29 is 27.4 Å². The number of hydrogen-bond acceptors (Lipinski definition) is 5. The summed E-state index contributed by atoms with van der Waals surface area (Å²) in [4.78, 5) is 14.0. The van der Waals surface area contributed by atoms with Gasteiger partial charge in [-0.15, -0.1) is 0 Å². The van der Waals surface area contributed by atoms with Crippen molar-refractivity contribution in [1.29, 1.82) is 0 Å². The summed E-state index contributed by atoms with van der Waals surface area (Å²) in [6.07, 6.45) is 0.0808. The van der Waals surface area contributed by atoms with Crippen molar-refractivity contribution in [2.24, 2.45) is 5.92 Å². The number of hydrogen-bond donors (Lipinski definition) is 2. The fourth-order valence-corrected chi connectivity index (χ4v) is 4.17. The molecule has 0 fully saturated rings. The normalized spacial score (nSPS) is 13.1. The van der Waals surface area contributed by atoms with Crippen LogP contribution in [0, 0.1) is 11.7 Å². The molecule has 2 aromatic rings. The predicted octanol–water partition coefficient (Wildman–Crippen LogP) is 2.32. The third kappa shape index (κ3) is 5.15. The Balaban J connectivity index is 2.29. The zero-order valence-electron chi connectivity index (χ0n) is 15.3. The molecule has 1 aromatic heterocycles. The van der Waals surface area contributed by atoms with E-state index in [1.54, 1.807) is 0 Å². The second kappa shape index (κ2) is 8.64. The lowest BCUT2D eigenvalue weighted by atomic mass is 10.1. The summed E-state index contributed by atoms with van der Waals surface area (Å²) in [6, 6.07) is 6.42. The maximum absolute atomic E-state index is 13.1. The first-order chi connectivity index (χ1) is 12.6. The molecule has 0 saturated carbocycles. The fraction of sp³-hybridized carbons (Fsp3) is 0.389. The smallest absolute Gasteiger partial charge is 0.354 e. The van der Waals surface area contributed by atoms with Crippen LogP contribution in [0.15, 0.2) is 41.4 Å². The zero-order chi connectivity index (χ0) is 20.2. The van der Waals surface area contributed by atoms with Crippen molar-refractivity contribution in [2.45, 2.75) is 24.8 Å². The third-order valence-corrected chi connectivity index (χ3v) is 5.71. The van der Waals surface area contributed by atoms with Crippen LogP contribution in [0.1, 0.15) is 36.0 Å². The predicted molar refractivity (Wildman–Crippen MR) is 97.1 cm³/mol. The highest BCUT2D eigenvalue weighted by atomic mass is 32.2. The Morgan fingerprint density at radius 1 is 1.26 bits per heavy atom.